The Bertz CT molecular complexity index is 1800. The summed E-state index contributed by atoms with van der Waals surface area (Å²) >= 11 is 0. The quantitative estimate of drug-likeness (QED) is 0.117. The van der Waals surface area contributed by atoms with Gasteiger partial charge in [0, 0.05) is 24.8 Å². The van der Waals surface area contributed by atoms with Crippen LogP contribution >= 0.6 is 15.7 Å². The van der Waals surface area contributed by atoms with E-state index in [9.17, 15) is 0 Å². The molecule has 60 heavy (non-hydrogen) atoms. The molecule has 0 bridgehead atoms. The van der Waals surface area contributed by atoms with Crippen LogP contribution in [0.25, 0.3) is 0 Å². The molecular weight excluding hydrogens is 767 g/mol. The fourth-order valence-electron chi connectivity index (χ4n) is 9.20. The van der Waals surface area contributed by atoms with Gasteiger partial charge in [-0.1, -0.05) is 184 Å². The fraction of sp³-hybridized carbons (Fsp3) is 0.481. The molecule has 4 aromatic rings. The summed E-state index contributed by atoms with van der Waals surface area (Å²) in [4.78, 5) is 10.6. The lowest BCUT2D eigenvalue weighted by Gasteiger charge is -2.38. The molecule has 6 rings (SSSR count). The lowest BCUT2D eigenvalue weighted by atomic mass is 9.91. The van der Waals surface area contributed by atoms with Crippen molar-refractivity contribution in [3.63, 3.8) is 0 Å². The van der Waals surface area contributed by atoms with Crippen LogP contribution < -0.4 is 19.6 Å². The zero-order chi connectivity index (χ0) is 43.7. The molecule has 0 unspecified atom stereocenters. The highest BCUT2D eigenvalue weighted by Gasteiger charge is 2.38. The third-order valence-corrected chi connectivity index (χ3v) is 15.6. The van der Waals surface area contributed by atoms with Crippen molar-refractivity contribution in [1.29, 1.82) is 0 Å². The third-order valence-electron chi connectivity index (χ3n) is 12.4. The Kier molecular flexibility index (Phi) is 14.5. The molecule has 0 saturated carbocycles. The van der Waals surface area contributed by atoms with Gasteiger partial charge in [-0.2, -0.15) is 0 Å². The Morgan fingerprint density at radius 3 is 0.567 bits per heavy atom. The summed E-state index contributed by atoms with van der Waals surface area (Å²) in [6, 6.07) is 28.0. The predicted octanol–water partition coefficient (Wildman–Crippen LogP) is 17.3. The number of nitrogens with zero attached hydrogens (tertiary/aromatic N) is 4. The minimum atomic E-state index is 0.0422. The molecule has 0 spiro atoms. The van der Waals surface area contributed by atoms with Crippen LogP contribution in [0.4, 0.5) is 22.7 Å². The van der Waals surface area contributed by atoms with E-state index in [1.54, 1.807) is 0 Å². The van der Waals surface area contributed by atoms with Crippen LogP contribution in [0.2, 0.25) is 0 Å². The van der Waals surface area contributed by atoms with Crippen LogP contribution in [-0.2, 0) is 0 Å². The first kappa shape index (κ1) is 45.7. The molecule has 0 atom stereocenters. The van der Waals surface area contributed by atoms with E-state index in [2.05, 4.69) is 228 Å². The second-order valence-electron chi connectivity index (χ2n) is 19.5. The monoisotopic (exact) mass is 841 g/mol. The van der Waals surface area contributed by atoms with Crippen LogP contribution in [0.5, 0.6) is 0 Å². The summed E-state index contributed by atoms with van der Waals surface area (Å²) in [5.41, 5.74) is 16.8. The standard InChI is InChI=1S/C54H74N4P2/c1-33(2)41-21-17-22-42(34(3)4)49(41)55-29-30-56(50-43(35(5)6)23-18-24-44(50)36(7)8)53(55)59-60-54-57(51-45(37(9)10)25-19-26-46(51)38(11)12)31-32-58(54)52-47(39(13)14)27-20-28-48(52)40(15)16/h17-40,53-54H,1-16H3. The maximum Gasteiger partial charge on any atom is 0.157 e. The molecule has 6 heteroatoms. The van der Waals surface area contributed by atoms with Gasteiger partial charge in [-0.3, -0.25) is 0 Å². The lowest BCUT2D eigenvalue weighted by Crippen LogP contribution is -2.38. The van der Waals surface area contributed by atoms with E-state index in [4.69, 9.17) is 0 Å². The van der Waals surface area contributed by atoms with E-state index in [0.717, 1.165) is 0 Å². The Hall–Kier alpha value is -3.84. The minimum absolute atomic E-state index is 0.0422. The van der Waals surface area contributed by atoms with Crippen molar-refractivity contribution in [2.45, 2.75) is 170 Å². The second-order valence-corrected chi connectivity index (χ2v) is 22.3. The molecule has 0 radical (unpaired) electrons. The lowest BCUT2D eigenvalue weighted by molar-refractivity contribution is 0.787. The molecule has 0 N–H and O–H groups in total. The summed E-state index contributed by atoms with van der Waals surface area (Å²) < 4.78 is 0. The smallest absolute Gasteiger partial charge is 0.157 e. The number of anilines is 4. The van der Waals surface area contributed by atoms with Crippen LogP contribution in [0.3, 0.4) is 0 Å². The van der Waals surface area contributed by atoms with Gasteiger partial charge in [0.05, 0.1) is 22.7 Å². The molecule has 0 amide bonds. The highest BCUT2D eigenvalue weighted by Crippen LogP contribution is 2.51. The average molecular weight is 841 g/mol. The number of benzene rings is 4. The van der Waals surface area contributed by atoms with Gasteiger partial charge in [0.15, 0.2) is 11.8 Å². The molecule has 4 nitrogen and oxygen atoms in total. The maximum absolute atomic E-state index is 2.65. The number of hydrogen-bond donors (Lipinski definition) is 0. The number of rotatable bonds is 14. The van der Waals surface area contributed by atoms with E-state index in [1.807, 2.05) is 0 Å². The van der Waals surface area contributed by atoms with Crippen molar-refractivity contribution in [3.05, 3.63) is 142 Å². The van der Waals surface area contributed by atoms with Crippen LogP contribution in [0.1, 0.15) is 203 Å². The minimum Gasteiger partial charge on any atom is -0.317 e. The van der Waals surface area contributed by atoms with Gasteiger partial charge >= 0.3 is 0 Å². The van der Waals surface area contributed by atoms with Gasteiger partial charge in [0.2, 0.25) is 0 Å². The van der Waals surface area contributed by atoms with Gasteiger partial charge in [-0.15, -0.1) is 0 Å². The predicted molar refractivity (Wildman–Crippen MR) is 268 cm³/mol. The third kappa shape index (κ3) is 8.90. The zero-order valence-electron chi connectivity index (χ0n) is 39.7. The average Bonchev–Trinajstić information content (AvgIpc) is 3.82. The van der Waals surface area contributed by atoms with Crippen molar-refractivity contribution in [2.24, 2.45) is 0 Å². The van der Waals surface area contributed by atoms with Crippen LogP contribution in [0.15, 0.2) is 97.6 Å². The van der Waals surface area contributed by atoms with Gasteiger partial charge in [0.1, 0.15) is 0 Å². The van der Waals surface area contributed by atoms with Crippen molar-refractivity contribution in [1.82, 2.24) is 0 Å². The fourth-order valence-corrected chi connectivity index (χ4v) is 12.7. The maximum atomic E-state index is 2.65. The van der Waals surface area contributed by atoms with E-state index < -0.39 is 0 Å². The molecule has 0 aromatic heterocycles. The van der Waals surface area contributed by atoms with Crippen molar-refractivity contribution in [2.75, 3.05) is 19.6 Å². The first-order valence-corrected chi connectivity index (χ1v) is 25.5. The Balaban J connectivity index is 1.65. The molecular formula is C54H74N4P2. The van der Waals surface area contributed by atoms with E-state index >= 15 is 0 Å². The Morgan fingerprint density at radius 2 is 0.433 bits per heavy atom. The summed E-state index contributed by atoms with van der Waals surface area (Å²) in [6.07, 6.45) is 9.61. The van der Waals surface area contributed by atoms with E-state index in [1.165, 1.54) is 83.0 Å². The number of para-hydroxylation sites is 4. The van der Waals surface area contributed by atoms with Gasteiger partial charge in [-0.25, -0.2) is 0 Å². The molecule has 320 valence electrons. The van der Waals surface area contributed by atoms with E-state index in [0.29, 0.717) is 47.3 Å². The Morgan fingerprint density at radius 1 is 0.283 bits per heavy atom. The van der Waals surface area contributed by atoms with Gasteiger partial charge < -0.3 is 19.6 Å². The molecule has 0 fully saturated rings. The first-order chi connectivity index (χ1) is 28.5. The first-order valence-electron chi connectivity index (χ1n) is 22.9. The largest absolute Gasteiger partial charge is 0.317 e. The van der Waals surface area contributed by atoms with Crippen molar-refractivity contribution >= 4 is 38.5 Å². The summed E-state index contributed by atoms with van der Waals surface area (Å²) in [7, 11) is 2.62. The zero-order valence-corrected chi connectivity index (χ0v) is 41.5. The normalized spacial score (nSPS) is 15.4. The second kappa shape index (κ2) is 19.1. The summed E-state index contributed by atoms with van der Waals surface area (Å²) in [5, 5.41) is 0. The molecule has 2 aliphatic heterocycles. The topological polar surface area (TPSA) is 13.0 Å². The highest BCUT2D eigenvalue weighted by molar-refractivity contribution is 7.84. The molecule has 2 heterocycles. The Labute approximate surface area is 368 Å². The van der Waals surface area contributed by atoms with Gasteiger partial charge in [-0.05, 0) is 108 Å². The molecule has 0 aliphatic carbocycles. The van der Waals surface area contributed by atoms with Crippen LogP contribution in [0, 0.1) is 0 Å². The van der Waals surface area contributed by atoms with Crippen LogP contribution in [-0.4, -0.2) is 11.8 Å². The van der Waals surface area contributed by atoms with Crippen molar-refractivity contribution < 1.29 is 0 Å². The molecule has 0 saturated heterocycles. The van der Waals surface area contributed by atoms with Crippen molar-refractivity contribution in [3.8, 4) is 0 Å². The SMILES string of the molecule is CC(C)c1cccc(C(C)C)c1N1C=CN(c2c(C(C)C)cccc2C(C)C)C1P=PC1N(c2c(C(C)C)cccc2C(C)C)C=CN1c1c(C(C)C)cccc1C(C)C. The van der Waals surface area contributed by atoms with Gasteiger partial charge in [0.25, 0.3) is 0 Å². The van der Waals surface area contributed by atoms with E-state index in [-0.39, 0.29) is 11.8 Å². The summed E-state index contributed by atoms with van der Waals surface area (Å²) in [6.45, 7) is 37.7. The number of hydrogen-bond acceptors (Lipinski definition) is 4. The summed E-state index contributed by atoms with van der Waals surface area (Å²) in [5.74, 6) is 3.19. The molecule has 4 aromatic carbocycles. The molecule has 2 aliphatic rings. The highest BCUT2D eigenvalue weighted by atomic mass is 31.7.